The van der Waals surface area contributed by atoms with Gasteiger partial charge in [-0.25, -0.2) is 9.97 Å². The Morgan fingerprint density at radius 3 is 2.67 bits per heavy atom. The highest BCUT2D eigenvalue weighted by atomic mass is 16.6. The van der Waals surface area contributed by atoms with Crippen LogP contribution in [0.15, 0.2) is 71.4 Å². The fraction of sp³-hybridized carbons (Fsp3) is 0.100. The fourth-order valence-electron chi connectivity index (χ4n) is 2.92. The molecule has 0 saturated heterocycles. The second-order valence-electron chi connectivity index (χ2n) is 6.14. The number of anilines is 1. The average molecular weight is 360 g/mol. The summed E-state index contributed by atoms with van der Waals surface area (Å²) in [5.41, 5.74) is 2.18. The lowest BCUT2D eigenvalue weighted by molar-refractivity contribution is -0.384. The number of hydrogen-bond acceptors (Lipinski definition) is 6. The highest BCUT2D eigenvalue weighted by molar-refractivity contribution is 5.89. The summed E-state index contributed by atoms with van der Waals surface area (Å²) in [4.78, 5) is 19.1. The molecule has 0 bridgehead atoms. The van der Waals surface area contributed by atoms with E-state index in [9.17, 15) is 10.1 Å². The predicted octanol–water partition coefficient (Wildman–Crippen LogP) is 4.97. The largest absolute Gasteiger partial charge is 0.438 e. The van der Waals surface area contributed by atoms with Crippen LogP contribution in [0, 0.1) is 10.1 Å². The number of benzene rings is 2. The van der Waals surface area contributed by atoms with Gasteiger partial charge in [-0.15, -0.1) is 0 Å². The number of nitrogens with one attached hydrogen (secondary N) is 1. The van der Waals surface area contributed by atoms with E-state index in [1.165, 1.54) is 18.5 Å². The quantitative estimate of drug-likeness (QED) is 0.399. The van der Waals surface area contributed by atoms with Gasteiger partial charge >= 0.3 is 0 Å². The van der Waals surface area contributed by atoms with Crippen molar-refractivity contribution in [2.75, 3.05) is 5.32 Å². The maximum atomic E-state index is 11.0. The van der Waals surface area contributed by atoms with Gasteiger partial charge in [-0.3, -0.25) is 10.1 Å². The van der Waals surface area contributed by atoms with Gasteiger partial charge < -0.3 is 9.73 Å². The van der Waals surface area contributed by atoms with Crippen LogP contribution in [-0.2, 0) is 0 Å². The van der Waals surface area contributed by atoms with Gasteiger partial charge in [0.15, 0.2) is 0 Å². The van der Waals surface area contributed by atoms with Crippen molar-refractivity contribution in [3.8, 4) is 11.3 Å². The summed E-state index contributed by atoms with van der Waals surface area (Å²) in [6, 6.07) is 18.2. The summed E-state index contributed by atoms with van der Waals surface area (Å²) in [7, 11) is 0. The van der Waals surface area contributed by atoms with Crippen molar-refractivity contribution >= 4 is 22.6 Å². The van der Waals surface area contributed by atoms with Gasteiger partial charge in [-0.1, -0.05) is 42.5 Å². The number of nitro benzene ring substituents is 1. The number of aromatic nitrogens is 2. The molecule has 0 fully saturated rings. The molecular weight excluding hydrogens is 344 g/mol. The van der Waals surface area contributed by atoms with Crippen molar-refractivity contribution in [1.29, 1.82) is 0 Å². The average Bonchev–Trinajstić information content (AvgIpc) is 3.14. The van der Waals surface area contributed by atoms with Crippen LogP contribution < -0.4 is 5.32 Å². The van der Waals surface area contributed by atoms with Crippen LogP contribution in [0.3, 0.4) is 0 Å². The first-order chi connectivity index (χ1) is 13.1. The molecule has 2 heterocycles. The molecule has 0 amide bonds. The van der Waals surface area contributed by atoms with Crippen LogP contribution in [0.5, 0.6) is 0 Å². The predicted molar refractivity (Wildman–Crippen MR) is 102 cm³/mol. The molecule has 7 heteroatoms. The molecule has 134 valence electrons. The molecule has 0 aliphatic heterocycles. The molecular formula is C20H16N4O3. The molecule has 7 nitrogen and oxygen atoms in total. The summed E-state index contributed by atoms with van der Waals surface area (Å²) >= 11 is 0. The monoisotopic (exact) mass is 360 g/mol. The topological polar surface area (TPSA) is 94.1 Å². The van der Waals surface area contributed by atoms with Crippen LogP contribution >= 0.6 is 0 Å². The van der Waals surface area contributed by atoms with E-state index in [-0.39, 0.29) is 11.7 Å². The lowest BCUT2D eigenvalue weighted by Gasteiger charge is -2.14. The van der Waals surface area contributed by atoms with Crippen molar-refractivity contribution in [2.45, 2.75) is 13.0 Å². The Labute approximate surface area is 154 Å². The van der Waals surface area contributed by atoms with Gasteiger partial charge in [0.2, 0.25) is 5.71 Å². The van der Waals surface area contributed by atoms with Crippen LogP contribution in [-0.4, -0.2) is 14.9 Å². The van der Waals surface area contributed by atoms with E-state index in [0.717, 1.165) is 10.9 Å². The van der Waals surface area contributed by atoms with Gasteiger partial charge in [0.1, 0.15) is 17.9 Å². The summed E-state index contributed by atoms with van der Waals surface area (Å²) in [5.74, 6) is 1.15. The smallest absolute Gasteiger partial charge is 0.270 e. The Kier molecular flexibility index (Phi) is 4.25. The maximum absolute atomic E-state index is 11.0. The Balaban J connectivity index is 1.70. The molecule has 4 aromatic rings. The summed E-state index contributed by atoms with van der Waals surface area (Å²) in [6.45, 7) is 2.05. The Bertz CT molecular complexity index is 1110. The van der Waals surface area contributed by atoms with E-state index in [1.807, 2.05) is 37.3 Å². The van der Waals surface area contributed by atoms with E-state index in [4.69, 9.17) is 4.42 Å². The highest BCUT2D eigenvalue weighted by Gasteiger charge is 2.15. The Morgan fingerprint density at radius 1 is 1.07 bits per heavy atom. The summed E-state index contributed by atoms with van der Waals surface area (Å²) in [5, 5.41) is 15.1. The van der Waals surface area contributed by atoms with Gasteiger partial charge in [-0.2, -0.15) is 0 Å². The minimum Gasteiger partial charge on any atom is -0.438 e. The molecule has 0 spiro atoms. The molecule has 0 saturated carbocycles. The third-order valence-corrected chi connectivity index (χ3v) is 4.32. The molecule has 4 rings (SSSR count). The van der Waals surface area contributed by atoms with Crippen LogP contribution in [0.1, 0.15) is 18.5 Å². The molecule has 1 unspecified atom stereocenters. The summed E-state index contributed by atoms with van der Waals surface area (Å²) < 4.78 is 5.80. The SMILES string of the molecule is CC(Nc1ncnc2oc(-c3cccc([N+](=O)[O-])c3)cc12)c1ccccc1. The number of furan rings is 1. The number of nitrogens with zero attached hydrogens (tertiary/aromatic N) is 3. The number of non-ortho nitro benzene ring substituents is 1. The van der Waals surface area contributed by atoms with E-state index in [0.29, 0.717) is 22.9 Å². The standard InChI is InChI=1S/C20H16N4O3/c1-13(14-6-3-2-4-7-14)23-19-17-11-18(27-20(17)22-12-21-19)15-8-5-9-16(10-15)24(25)26/h2-13H,1H3,(H,21,22,23). The van der Waals surface area contributed by atoms with Crippen LogP contribution in [0.2, 0.25) is 0 Å². The molecule has 1 atom stereocenters. The summed E-state index contributed by atoms with van der Waals surface area (Å²) in [6.07, 6.45) is 1.43. The Hall–Kier alpha value is -3.74. The number of hydrogen-bond donors (Lipinski definition) is 1. The first-order valence-corrected chi connectivity index (χ1v) is 8.42. The first-order valence-electron chi connectivity index (χ1n) is 8.42. The lowest BCUT2D eigenvalue weighted by Crippen LogP contribution is -2.08. The lowest BCUT2D eigenvalue weighted by atomic mass is 10.1. The molecule has 27 heavy (non-hydrogen) atoms. The van der Waals surface area contributed by atoms with Gasteiger partial charge in [0, 0.05) is 23.7 Å². The molecule has 2 aromatic carbocycles. The minimum absolute atomic E-state index is 0.00934. The second-order valence-corrected chi connectivity index (χ2v) is 6.14. The molecule has 0 aliphatic carbocycles. The van der Waals surface area contributed by atoms with Crippen molar-refractivity contribution in [3.05, 3.63) is 82.7 Å². The molecule has 0 aliphatic rings. The molecule has 0 radical (unpaired) electrons. The van der Waals surface area contributed by atoms with Gasteiger partial charge in [0.05, 0.1) is 10.3 Å². The number of fused-ring (bicyclic) bond motifs is 1. The molecule has 2 aromatic heterocycles. The second kappa shape index (κ2) is 6.87. The third kappa shape index (κ3) is 3.35. The van der Waals surface area contributed by atoms with Crippen molar-refractivity contribution in [2.24, 2.45) is 0 Å². The highest BCUT2D eigenvalue weighted by Crippen LogP contribution is 2.32. The van der Waals surface area contributed by atoms with E-state index in [2.05, 4.69) is 15.3 Å². The van der Waals surface area contributed by atoms with Crippen molar-refractivity contribution < 1.29 is 9.34 Å². The van der Waals surface area contributed by atoms with E-state index in [1.54, 1.807) is 18.2 Å². The van der Waals surface area contributed by atoms with Crippen molar-refractivity contribution in [1.82, 2.24) is 9.97 Å². The van der Waals surface area contributed by atoms with E-state index < -0.39 is 4.92 Å². The normalized spacial score (nSPS) is 12.0. The van der Waals surface area contributed by atoms with Crippen molar-refractivity contribution in [3.63, 3.8) is 0 Å². The minimum atomic E-state index is -0.430. The van der Waals surface area contributed by atoms with Crippen LogP contribution in [0.25, 0.3) is 22.4 Å². The number of nitro groups is 1. The zero-order chi connectivity index (χ0) is 18.8. The zero-order valence-corrected chi connectivity index (χ0v) is 14.5. The first kappa shape index (κ1) is 16.7. The maximum Gasteiger partial charge on any atom is 0.270 e. The van der Waals surface area contributed by atoms with Gasteiger partial charge in [-0.05, 0) is 18.6 Å². The third-order valence-electron chi connectivity index (χ3n) is 4.32. The fourth-order valence-corrected chi connectivity index (χ4v) is 2.92. The van der Waals surface area contributed by atoms with E-state index >= 15 is 0 Å². The molecule has 1 N–H and O–H groups in total. The van der Waals surface area contributed by atoms with Crippen LogP contribution in [0.4, 0.5) is 11.5 Å². The zero-order valence-electron chi connectivity index (χ0n) is 14.5. The van der Waals surface area contributed by atoms with Gasteiger partial charge in [0.25, 0.3) is 5.69 Å². The number of rotatable bonds is 5. The Morgan fingerprint density at radius 2 is 1.89 bits per heavy atom.